The van der Waals surface area contributed by atoms with Gasteiger partial charge in [0, 0.05) is 20.2 Å². The first-order valence-corrected chi connectivity index (χ1v) is 7.52. The van der Waals surface area contributed by atoms with Crippen molar-refractivity contribution in [1.82, 2.24) is 0 Å². The summed E-state index contributed by atoms with van der Waals surface area (Å²) in [6.45, 7) is 13.3. The summed E-state index contributed by atoms with van der Waals surface area (Å²) in [5.41, 5.74) is 0.645. The monoisotopic (exact) mass is 232 g/mol. The quantitative estimate of drug-likeness (QED) is 0.688. The van der Waals surface area contributed by atoms with Gasteiger partial charge >= 0.3 is 0 Å². The van der Waals surface area contributed by atoms with Gasteiger partial charge in [-0.2, -0.15) is 0 Å². The Morgan fingerprint density at radius 3 is 2.00 bits per heavy atom. The summed E-state index contributed by atoms with van der Waals surface area (Å²) in [6.07, 6.45) is 1.51. The van der Waals surface area contributed by atoms with E-state index in [1.165, 1.54) is 0 Å². The molecule has 1 fully saturated rings. The van der Waals surface area contributed by atoms with E-state index in [1.807, 2.05) is 0 Å². The third kappa shape index (κ3) is 3.69. The molecule has 3 heteroatoms. The van der Waals surface area contributed by atoms with Gasteiger partial charge in [-0.05, 0) is 11.6 Å². The molecule has 0 aromatic carbocycles. The van der Waals surface area contributed by atoms with Gasteiger partial charge in [-0.25, -0.2) is 0 Å². The molecule has 1 rings (SSSR count). The second-order valence-corrected chi connectivity index (χ2v) is 7.77. The fourth-order valence-corrected chi connectivity index (χ4v) is 3.75. The minimum absolute atomic E-state index is 0.0136. The maximum Gasteiger partial charge on any atom is 0.164 e. The van der Waals surface area contributed by atoms with Crippen molar-refractivity contribution < 1.29 is 9.26 Å². The molecule has 1 saturated heterocycles. The molecule has 0 aliphatic carbocycles. The summed E-state index contributed by atoms with van der Waals surface area (Å²) in [6, 6.07) is 0. The van der Waals surface area contributed by atoms with E-state index < -0.39 is 0 Å². The Labute approximate surface area is 95.6 Å². The first-order chi connectivity index (χ1) is 6.91. The molecule has 15 heavy (non-hydrogen) atoms. The minimum atomic E-state index is -0.299. The highest BCUT2D eigenvalue weighted by atomic mass is 31.1. The second-order valence-electron chi connectivity index (χ2n) is 5.33. The van der Waals surface area contributed by atoms with Crippen molar-refractivity contribution in [2.75, 3.05) is 6.16 Å². The zero-order chi connectivity index (χ0) is 11.6. The lowest BCUT2D eigenvalue weighted by molar-refractivity contribution is -0.158. The van der Waals surface area contributed by atoms with Crippen LogP contribution < -0.4 is 0 Å². The van der Waals surface area contributed by atoms with Gasteiger partial charge in [-0.1, -0.05) is 41.5 Å². The largest absolute Gasteiger partial charge is 0.348 e. The molecule has 1 heterocycles. The molecule has 0 aromatic heterocycles. The van der Waals surface area contributed by atoms with Gasteiger partial charge in [0.2, 0.25) is 0 Å². The normalized spacial score (nSPS) is 33.0. The highest BCUT2D eigenvalue weighted by Gasteiger charge is 2.34. The Bertz CT molecular complexity index is 153. The van der Waals surface area contributed by atoms with Crippen molar-refractivity contribution in [2.24, 2.45) is 11.8 Å². The molecule has 1 aliphatic rings. The van der Waals surface area contributed by atoms with Gasteiger partial charge in [0.05, 0.1) is 6.10 Å². The van der Waals surface area contributed by atoms with Gasteiger partial charge < -0.3 is 9.26 Å². The lowest BCUT2D eigenvalue weighted by atomic mass is 10.1. The van der Waals surface area contributed by atoms with E-state index in [4.69, 9.17) is 9.26 Å². The zero-order valence-electron chi connectivity index (χ0n) is 10.9. The Balaban J connectivity index is 2.64. The van der Waals surface area contributed by atoms with Crippen molar-refractivity contribution in [3.8, 4) is 0 Å². The molecule has 90 valence electrons. The SMILES string of the molecule is CC(C)C1CP(C(C)C)OC(C(C)C)O1. The summed E-state index contributed by atoms with van der Waals surface area (Å²) >= 11 is 0. The van der Waals surface area contributed by atoms with Crippen LogP contribution >= 0.6 is 8.15 Å². The Morgan fingerprint density at radius 2 is 1.60 bits per heavy atom. The van der Waals surface area contributed by atoms with E-state index in [0.717, 1.165) is 6.16 Å². The van der Waals surface area contributed by atoms with Crippen LogP contribution in [0.2, 0.25) is 0 Å². The van der Waals surface area contributed by atoms with Crippen LogP contribution in [-0.2, 0) is 9.26 Å². The first-order valence-electron chi connectivity index (χ1n) is 6.00. The number of ether oxygens (including phenoxy) is 1. The van der Waals surface area contributed by atoms with Crippen LogP contribution in [0.5, 0.6) is 0 Å². The van der Waals surface area contributed by atoms with Crippen molar-refractivity contribution in [3.63, 3.8) is 0 Å². The summed E-state index contributed by atoms with van der Waals surface area (Å²) < 4.78 is 12.0. The van der Waals surface area contributed by atoms with E-state index in [9.17, 15) is 0 Å². The summed E-state index contributed by atoms with van der Waals surface area (Å²) in [7, 11) is -0.299. The lowest BCUT2D eigenvalue weighted by Gasteiger charge is -2.40. The average molecular weight is 232 g/mol. The van der Waals surface area contributed by atoms with Crippen molar-refractivity contribution in [2.45, 2.75) is 59.6 Å². The predicted octanol–water partition coefficient (Wildman–Crippen LogP) is 3.85. The molecule has 3 unspecified atom stereocenters. The molecule has 1 aliphatic heterocycles. The molecule has 0 spiro atoms. The fraction of sp³-hybridized carbons (Fsp3) is 1.00. The Hall–Kier alpha value is 0.350. The molecule has 0 amide bonds. The number of rotatable bonds is 3. The highest BCUT2D eigenvalue weighted by Crippen LogP contribution is 2.49. The van der Waals surface area contributed by atoms with E-state index >= 15 is 0 Å². The maximum atomic E-state index is 6.03. The second kappa shape index (κ2) is 5.61. The summed E-state index contributed by atoms with van der Waals surface area (Å²) in [5, 5.41) is 0. The van der Waals surface area contributed by atoms with Crippen molar-refractivity contribution in [1.29, 1.82) is 0 Å². The first kappa shape index (κ1) is 13.4. The molecule has 2 nitrogen and oxygen atoms in total. The third-order valence-corrected chi connectivity index (χ3v) is 5.12. The van der Waals surface area contributed by atoms with Gasteiger partial charge in [0.25, 0.3) is 0 Å². The smallest absolute Gasteiger partial charge is 0.164 e. The molecule has 3 atom stereocenters. The van der Waals surface area contributed by atoms with E-state index in [0.29, 0.717) is 23.6 Å². The summed E-state index contributed by atoms with van der Waals surface area (Å²) in [5.74, 6) is 1.05. The minimum Gasteiger partial charge on any atom is -0.348 e. The zero-order valence-corrected chi connectivity index (χ0v) is 11.8. The molecule has 0 aromatic rings. The lowest BCUT2D eigenvalue weighted by Crippen LogP contribution is -2.38. The van der Waals surface area contributed by atoms with Crippen LogP contribution in [0.3, 0.4) is 0 Å². The average Bonchev–Trinajstić information content (AvgIpc) is 2.16. The third-order valence-electron chi connectivity index (χ3n) is 2.77. The number of hydrogen-bond donors (Lipinski definition) is 0. The van der Waals surface area contributed by atoms with Gasteiger partial charge in [0.1, 0.15) is 0 Å². The van der Waals surface area contributed by atoms with Gasteiger partial charge in [-0.15, -0.1) is 0 Å². The predicted molar refractivity (Wildman–Crippen MR) is 66.3 cm³/mol. The Morgan fingerprint density at radius 1 is 1.00 bits per heavy atom. The van der Waals surface area contributed by atoms with Crippen LogP contribution in [0.15, 0.2) is 0 Å². The van der Waals surface area contributed by atoms with E-state index in [-0.39, 0.29) is 14.4 Å². The van der Waals surface area contributed by atoms with Crippen LogP contribution in [0.4, 0.5) is 0 Å². The van der Waals surface area contributed by atoms with Crippen LogP contribution in [0.1, 0.15) is 41.5 Å². The molecule has 0 saturated carbocycles. The van der Waals surface area contributed by atoms with Crippen LogP contribution in [-0.4, -0.2) is 24.2 Å². The number of hydrogen-bond acceptors (Lipinski definition) is 2. The van der Waals surface area contributed by atoms with Crippen molar-refractivity contribution >= 4 is 8.15 Å². The summed E-state index contributed by atoms with van der Waals surface area (Å²) in [4.78, 5) is 0. The highest BCUT2D eigenvalue weighted by molar-refractivity contribution is 7.53. The molecular formula is C12H25O2P. The molecule has 0 radical (unpaired) electrons. The van der Waals surface area contributed by atoms with Gasteiger partial charge in [-0.3, -0.25) is 0 Å². The van der Waals surface area contributed by atoms with E-state index in [1.54, 1.807) is 0 Å². The fourth-order valence-electron chi connectivity index (χ4n) is 1.57. The molecule has 0 bridgehead atoms. The standard InChI is InChI=1S/C12H25O2P/c1-8(2)11-7-15(10(5)6)14-12(13-11)9(3)4/h8-12H,7H2,1-6H3. The van der Waals surface area contributed by atoms with E-state index in [2.05, 4.69) is 41.5 Å². The van der Waals surface area contributed by atoms with Crippen LogP contribution in [0, 0.1) is 11.8 Å². The van der Waals surface area contributed by atoms with Crippen molar-refractivity contribution in [3.05, 3.63) is 0 Å². The van der Waals surface area contributed by atoms with Crippen LogP contribution in [0.25, 0.3) is 0 Å². The molecule has 0 N–H and O–H groups in total. The Kier molecular flexibility index (Phi) is 5.02. The van der Waals surface area contributed by atoms with Gasteiger partial charge in [0.15, 0.2) is 6.29 Å². The topological polar surface area (TPSA) is 18.5 Å². The molecular weight excluding hydrogens is 207 g/mol. The maximum absolute atomic E-state index is 6.03.